The number of carbonyl (C=O) groups excluding carboxylic acids is 2. The molecule has 2 aromatic rings. The number of esters is 1. The SMILES string of the molecule is CCOC(=O)C1CCN(CC(=O)N2N=C(c3ccc(F)cc3)C[C@@H]2c2cccn2C)CC1. The zero-order valence-electron chi connectivity index (χ0n) is 18.5. The lowest BCUT2D eigenvalue weighted by atomic mass is 9.97. The highest BCUT2D eigenvalue weighted by atomic mass is 19.1. The summed E-state index contributed by atoms with van der Waals surface area (Å²) in [6.45, 7) is 3.79. The van der Waals surface area contributed by atoms with Gasteiger partial charge in [-0.2, -0.15) is 5.10 Å². The number of hydrogen-bond donors (Lipinski definition) is 0. The van der Waals surface area contributed by atoms with Gasteiger partial charge in [-0.15, -0.1) is 0 Å². The normalized spacial score (nSPS) is 19.8. The van der Waals surface area contributed by atoms with E-state index in [0.717, 1.165) is 17.0 Å². The van der Waals surface area contributed by atoms with Crippen molar-refractivity contribution < 1.29 is 18.7 Å². The highest BCUT2D eigenvalue weighted by Gasteiger charge is 2.36. The van der Waals surface area contributed by atoms with Gasteiger partial charge < -0.3 is 9.30 Å². The monoisotopic (exact) mass is 440 g/mol. The van der Waals surface area contributed by atoms with Crippen molar-refractivity contribution in [1.29, 1.82) is 0 Å². The van der Waals surface area contributed by atoms with Crippen LogP contribution < -0.4 is 0 Å². The van der Waals surface area contributed by atoms with Crippen LogP contribution >= 0.6 is 0 Å². The van der Waals surface area contributed by atoms with Crippen LogP contribution in [-0.2, 0) is 21.4 Å². The minimum atomic E-state index is -0.300. The Labute approximate surface area is 187 Å². The second-order valence-corrected chi connectivity index (χ2v) is 8.36. The van der Waals surface area contributed by atoms with E-state index in [2.05, 4.69) is 10.0 Å². The molecule has 1 aromatic heterocycles. The Balaban J connectivity index is 1.47. The molecule has 0 N–H and O–H groups in total. The topological polar surface area (TPSA) is 67.1 Å². The molecule has 4 rings (SSSR count). The summed E-state index contributed by atoms with van der Waals surface area (Å²) < 4.78 is 20.5. The quantitative estimate of drug-likeness (QED) is 0.648. The van der Waals surface area contributed by atoms with Gasteiger partial charge in [0.1, 0.15) is 11.9 Å². The van der Waals surface area contributed by atoms with Gasteiger partial charge >= 0.3 is 5.97 Å². The first kappa shape index (κ1) is 22.2. The first-order valence-corrected chi connectivity index (χ1v) is 11.1. The van der Waals surface area contributed by atoms with Gasteiger partial charge in [0.25, 0.3) is 5.91 Å². The summed E-state index contributed by atoms with van der Waals surface area (Å²) in [6, 6.07) is 9.96. The van der Waals surface area contributed by atoms with Crippen LogP contribution in [0.15, 0.2) is 47.7 Å². The van der Waals surface area contributed by atoms with Crippen LogP contribution in [0.25, 0.3) is 0 Å². The summed E-state index contributed by atoms with van der Waals surface area (Å²) >= 11 is 0. The van der Waals surface area contributed by atoms with E-state index in [1.807, 2.05) is 36.9 Å². The van der Waals surface area contributed by atoms with Gasteiger partial charge in [-0.1, -0.05) is 12.1 Å². The number of benzene rings is 1. The molecule has 170 valence electrons. The molecule has 1 atom stereocenters. The molecule has 0 radical (unpaired) electrons. The average molecular weight is 441 g/mol. The molecular weight excluding hydrogens is 411 g/mol. The van der Waals surface area contributed by atoms with Crippen molar-refractivity contribution in [3.05, 3.63) is 59.7 Å². The maximum Gasteiger partial charge on any atom is 0.309 e. The molecule has 0 saturated carbocycles. The molecule has 0 unspecified atom stereocenters. The molecule has 2 aliphatic rings. The Morgan fingerprint density at radius 1 is 1.16 bits per heavy atom. The predicted octanol–water partition coefficient (Wildman–Crippen LogP) is 3.12. The van der Waals surface area contributed by atoms with Gasteiger partial charge in [-0.05, 0) is 62.7 Å². The lowest BCUT2D eigenvalue weighted by Gasteiger charge is -2.31. The van der Waals surface area contributed by atoms with Crippen LogP contribution in [0, 0.1) is 11.7 Å². The maximum absolute atomic E-state index is 13.4. The molecule has 7 nitrogen and oxygen atoms in total. The molecule has 1 amide bonds. The fourth-order valence-electron chi connectivity index (χ4n) is 4.46. The van der Waals surface area contributed by atoms with Crippen molar-refractivity contribution in [3.63, 3.8) is 0 Å². The van der Waals surface area contributed by atoms with E-state index >= 15 is 0 Å². The Hall–Kier alpha value is -3.00. The molecule has 1 fully saturated rings. The summed E-state index contributed by atoms with van der Waals surface area (Å²) in [5, 5.41) is 6.24. The lowest BCUT2D eigenvalue weighted by Crippen LogP contribution is -2.43. The van der Waals surface area contributed by atoms with Crippen molar-refractivity contribution in [2.24, 2.45) is 18.1 Å². The van der Waals surface area contributed by atoms with Gasteiger partial charge in [0.05, 0.1) is 24.8 Å². The third-order valence-electron chi connectivity index (χ3n) is 6.24. The highest BCUT2D eigenvalue weighted by molar-refractivity contribution is 6.03. The number of hydrazone groups is 1. The van der Waals surface area contributed by atoms with Crippen LogP contribution in [-0.4, -0.2) is 58.3 Å². The fraction of sp³-hybridized carbons (Fsp3) is 0.458. The first-order valence-electron chi connectivity index (χ1n) is 11.1. The second kappa shape index (κ2) is 9.65. The third kappa shape index (κ3) is 4.75. The van der Waals surface area contributed by atoms with Gasteiger partial charge in [0.15, 0.2) is 0 Å². The van der Waals surface area contributed by atoms with E-state index in [1.54, 1.807) is 17.1 Å². The summed E-state index contributed by atoms with van der Waals surface area (Å²) in [5.74, 6) is -0.615. The van der Waals surface area contributed by atoms with Crippen molar-refractivity contribution >= 4 is 17.6 Å². The van der Waals surface area contributed by atoms with Crippen molar-refractivity contribution in [2.45, 2.75) is 32.2 Å². The summed E-state index contributed by atoms with van der Waals surface area (Å²) in [7, 11) is 1.95. The molecule has 0 bridgehead atoms. The Morgan fingerprint density at radius 2 is 1.88 bits per heavy atom. The Morgan fingerprint density at radius 3 is 2.50 bits per heavy atom. The molecule has 1 saturated heterocycles. The number of ether oxygens (including phenoxy) is 1. The summed E-state index contributed by atoms with van der Waals surface area (Å²) in [5.41, 5.74) is 2.59. The summed E-state index contributed by atoms with van der Waals surface area (Å²) in [4.78, 5) is 27.3. The van der Waals surface area contributed by atoms with Gasteiger partial charge in [0, 0.05) is 25.4 Å². The molecule has 1 aromatic carbocycles. The van der Waals surface area contributed by atoms with E-state index in [9.17, 15) is 14.0 Å². The molecule has 2 aliphatic heterocycles. The van der Waals surface area contributed by atoms with Crippen molar-refractivity contribution in [3.8, 4) is 0 Å². The number of likely N-dealkylation sites (tertiary alicyclic amines) is 1. The highest BCUT2D eigenvalue weighted by Crippen LogP contribution is 2.33. The minimum absolute atomic E-state index is 0.0807. The first-order chi connectivity index (χ1) is 15.5. The molecule has 0 aliphatic carbocycles. The molecule has 32 heavy (non-hydrogen) atoms. The predicted molar refractivity (Wildman–Crippen MR) is 118 cm³/mol. The average Bonchev–Trinajstić information content (AvgIpc) is 3.41. The zero-order chi connectivity index (χ0) is 22.7. The van der Waals surface area contributed by atoms with Gasteiger partial charge in [0.2, 0.25) is 0 Å². The van der Waals surface area contributed by atoms with E-state index in [4.69, 9.17) is 4.74 Å². The number of halogens is 1. The Bertz CT molecular complexity index is 993. The van der Waals surface area contributed by atoms with E-state index in [1.165, 1.54) is 12.1 Å². The van der Waals surface area contributed by atoms with Crippen LogP contribution in [0.5, 0.6) is 0 Å². The van der Waals surface area contributed by atoms with Crippen LogP contribution in [0.4, 0.5) is 4.39 Å². The van der Waals surface area contributed by atoms with E-state index in [-0.39, 0.29) is 36.2 Å². The number of aryl methyl sites for hydroxylation is 1. The third-order valence-corrected chi connectivity index (χ3v) is 6.24. The fourth-order valence-corrected chi connectivity index (χ4v) is 4.46. The maximum atomic E-state index is 13.4. The number of carbonyl (C=O) groups is 2. The van der Waals surface area contributed by atoms with E-state index < -0.39 is 0 Å². The smallest absolute Gasteiger partial charge is 0.309 e. The largest absolute Gasteiger partial charge is 0.466 e. The number of rotatable bonds is 6. The molecular formula is C24H29FN4O3. The zero-order valence-corrected chi connectivity index (χ0v) is 18.5. The Kier molecular flexibility index (Phi) is 6.69. The van der Waals surface area contributed by atoms with Crippen molar-refractivity contribution in [2.75, 3.05) is 26.2 Å². The minimum Gasteiger partial charge on any atom is -0.466 e. The van der Waals surface area contributed by atoms with E-state index in [0.29, 0.717) is 39.0 Å². The number of hydrogen-bond acceptors (Lipinski definition) is 5. The lowest BCUT2D eigenvalue weighted by molar-refractivity contribution is -0.149. The number of amides is 1. The molecule has 0 spiro atoms. The van der Waals surface area contributed by atoms with Crippen molar-refractivity contribution in [1.82, 2.24) is 14.5 Å². The number of nitrogens with zero attached hydrogens (tertiary/aromatic N) is 4. The van der Waals surface area contributed by atoms with Crippen LogP contribution in [0.3, 0.4) is 0 Å². The van der Waals surface area contributed by atoms with Gasteiger partial charge in [-0.3, -0.25) is 14.5 Å². The number of piperidine rings is 1. The van der Waals surface area contributed by atoms with Crippen LogP contribution in [0.1, 0.15) is 43.5 Å². The molecule has 8 heteroatoms. The number of aromatic nitrogens is 1. The standard InChI is InChI=1S/C24H29FN4O3/c1-3-32-24(31)18-10-13-28(14-11-18)16-23(30)29-22(21-5-4-12-27(21)2)15-20(26-29)17-6-8-19(25)9-7-17/h4-9,12,18,22H,3,10-11,13-16H2,1-2H3/t22-/m1/s1. The van der Waals surface area contributed by atoms with Gasteiger partial charge in [-0.25, -0.2) is 9.40 Å². The molecule has 3 heterocycles. The van der Waals surface area contributed by atoms with Crippen LogP contribution in [0.2, 0.25) is 0 Å². The second-order valence-electron chi connectivity index (χ2n) is 8.36. The summed E-state index contributed by atoms with van der Waals surface area (Å²) in [6.07, 6.45) is 3.91.